The number of nitrogens with zero attached hydrogens (tertiary/aromatic N) is 1. The Balaban J connectivity index is 2.11. The molecule has 0 unspecified atom stereocenters. The normalized spacial score (nSPS) is 10.5. The number of nitrogens with one attached hydrogen (secondary N) is 1. The van der Waals surface area contributed by atoms with Gasteiger partial charge in [0.05, 0.1) is 6.42 Å². The second kappa shape index (κ2) is 5.53. The lowest BCUT2D eigenvalue weighted by atomic mass is 10.1. The number of anilines is 1. The van der Waals surface area contributed by atoms with E-state index in [-0.39, 0.29) is 5.91 Å². The molecule has 0 aliphatic rings. The Labute approximate surface area is 117 Å². The van der Waals surface area contributed by atoms with Crippen LogP contribution in [0, 0.1) is 27.7 Å². The number of aromatic nitrogens is 1. The molecule has 0 fully saturated rings. The molecule has 0 saturated heterocycles. The molecule has 3 nitrogen and oxygen atoms in total. The number of carbonyl (C=O) groups is 1. The first-order valence-electron chi connectivity index (χ1n) is 6.24. The van der Waals surface area contributed by atoms with Crippen molar-refractivity contribution in [3.05, 3.63) is 44.9 Å². The van der Waals surface area contributed by atoms with Gasteiger partial charge in [0.15, 0.2) is 0 Å². The van der Waals surface area contributed by atoms with Crippen molar-refractivity contribution in [2.24, 2.45) is 0 Å². The molecule has 0 aliphatic heterocycles. The van der Waals surface area contributed by atoms with Gasteiger partial charge in [0.25, 0.3) is 0 Å². The van der Waals surface area contributed by atoms with Gasteiger partial charge < -0.3 is 5.32 Å². The minimum absolute atomic E-state index is 0.00981. The zero-order chi connectivity index (χ0) is 14.0. The highest BCUT2D eigenvalue weighted by atomic mass is 32.1. The van der Waals surface area contributed by atoms with Crippen molar-refractivity contribution in [1.82, 2.24) is 4.98 Å². The van der Waals surface area contributed by atoms with Crippen molar-refractivity contribution in [2.45, 2.75) is 34.1 Å². The van der Waals surface area contributed by atoms with E-state index in [0.717, 1.165) is 27.5 Å². The lowest BCUT2D eigenvalue weighted by molar-refractivity contribution is -0.115. The fraction of sp³-hybridized carbons (Fsp3) is 0.333. The number of carbonyl (C=O) groups excluding carboxylic acids is 1. The predicted octanol–water partition coefficient (Wildman–Crippen LogP) is 3.56. The highest BCUT2D eigenvalue weighted by molar-refractivity contribution is 7.09. The van der Waals surface area contributed by atoms with Crippen LogP contribution in [0.1, 0.15) is 27.4 Å². The van der Waals surface area contributed by atoms with E-state index >= 15 is 0 Å². The zero-order valence-corrected chi connectivity index (χ0v) is 12.5. The fourth-order valence-corrected chi connectivity index (χ4v) is 2.95. The van der Waals surface area contributed by atoms with E-state index in [4.69, 9.17) is 0 Å². The van der Waals surface area contributed by atoms with Crippen LogP contribution >= 0.6 is 11.3 Å². The van der Waals surface area contributed by atoms with E-state index in [1.165, 1.54) is 16.9 Å². The minimum atomic E-state index is -0.00981. The van der Waals surface area contributed by atoms with Gasteiger partial charge in [-0.05, 0) is 38.8 Å². The molecular formula is C15H18N2OS. The smallest absolute Gasteiger partial charge is 0.231 e. The van der Waals surface area contributed by atoms with Crippen molar-refractivity contribution in [3.8, 4) is 0 Å². The largest absolute Gasteiger partial charge is 0.325 e. The van der Waals surface area contributed by atoms with Gasteiger partial charge in [0, 0.05) is 16.8 Å². The molecule has 1 aromatic heterocycles. The molecule has 0 bridgehead atoms. The first kappa shape index (κ1) is 13.7. The van der Waals surface area contributed by atoms with Crippen LogP contribution in [0.2, 0.25) is 0 Å². The molecule has 1 amide bonds. The van der Waals surface area contributed by atoms with Gasteiger partial charge in [-0.2, -0.15) is 0 Å². The van der Waals surface area contributed by atoms with Crippen LogP contribution in [0.5, 0.6) is 0 Å². The molecule has 2 aromatic rings. The van der Waals surface area contributed by atoms with E-state index < -0.39 is 0 Å². The minimum Gasteiger partial charge on any atom is -0.325 e. The SMILES string of the molecule is Cc1cc(C)c(NC(=O)Cc2nc(C)cs2)c(C)c1. The Morgan fingerprint density at radius 3 is 2.37 bits per heavy atom. The van der Waals surface area contributed by atoms with E-state index in [2.05, 4.69) is 29.4 Å². The summed E-state index contributed by atoms with van der Waals surface area (Å²) in [6, 6.07) is 4.16. The summed E-state index contributed by atoms with van der Waals surface area (Å²) in [5.41, 5.74) is 5.30. The summed E-state index contributed by atoms with van der Waals surface area (Å²) >= 11 is 1.53. The van der Waals surface area contributed by atoms with Gasteiger partial charge >= 0.3 is 0 Å². The van der Waals surface area contributed by atoms with Gasteiger partial charge in [-0.1, -0.05) is 17.7 Å². The number of hydrogen-bond acceptors (Lipinski definition) is 3. The van der Waals surface area contributed by atoms with E-state index in [1.54, 1.807) is 0 Å². The summed E-state index contributed by atoms with van der Waals surface area (Å²) in [5, 5.41) is 5.81. The summed E-state index contributed by atoms with van der Waals surface area (Å²) in [4.78, 5) is 16.3. The second-order valence-corrected chi connectivity index (χ2v) is 5.82. The van der Waals surface area contributed by atoms with Crippen molar-refractivity contribution in [2.75, 3.05) is 5.32 Å². The van der Waals surface area contributed by atoms with Crippen molar-refractivity contribution in [3.63, 3.8) is 0 Å². The highest BCUT2D eigenvalue weighted by Gasteiger charge is 2.10. The van der Waals surface area contributed by atoms with E-state index in [9.17, 15) is 4.79 Å². The van der Waals surface area contributed by atoms with Gasteiger partial charge in [0.2, 0.25) is 5.91 Å². The fourth-order valence-electron chi connectivity index (χ4n) is 2.18. The number of benzene rings is 1. The maximum Gasteiger partial charge on any atom is 0.231 e. The Morgan fingerprint density at radius 2 is 1.84 bits per heavy atom. The molecule has 4 heteroatoms. The third-order valence-corrected chi connectivity index (χ3v) is 3.89. The van der Waals surface area contributed by atoms with Gasteiger partial charge in [-0.25, -0.2) is 4.98 Å². The lowest BCUT2D eigenvalue weighted by Crippen LogP contribution is -2.16. The van der Waals surface area contributed by atoms with Crippen LogP contribution in [-0.2, 0) is 11.2 Å². The average molecular weight is 274 g/mol. The van der Waals surface area contributed by atoms with Crippen LogP contribution in [0.4, 0.5) is 5.69 Å². The van der Waals surface area contributed by atoms with Crippen LogP contribution in [0.15, 0.2) is 17.5 Å². The molecule has 0 saturated carbocycles. The summed E-state index contributed by atoms with van der Waals surface area (Å²) in [6.07, 6.45) is 0.339. The van der Waals surface area contributed by atoms with Crippen molar-refractivity contribution < 1.29 is 4.79 Å². The third kappa shape index (κ3) is 3.41. The summed E-state index contributed by atoms with van der Waals surface area (Å²) < 4.78 is 0. The zero-order valence-electron chi connectivity index (χ0n) is 11.7. The Morgan fingerprint density at radius 1 is 1.21 bits per heavy atom. The summed E-state index contributed by atoms with van der Waals surface area (Å²) in [5.74, 6) is -0.00981. The standard InChI is InChI=1S/C15H18N2OS/c1-9-5-10(2)15(11(3)6-9)17-13(18)7-14-16-12(4)8-19-14/h5-6,8H,7H2,1-4H3,(H,17,18). The second-order valence-electron chi connectivity index (χ2n) is 4.88. The predicted molar refractivity (Wildman–Crippen MR) is 79.8 cm³/mol. The van der Waals surface area contributed by atoms with Gasteiger partial charge in [-0.3, -0.25) is 4.79 Å². The monoisotopic (exact) mass is 274 g/mol. The quantitative estimate of drug-likeness (QED) is 0.930. The molecule has 0 radical (unpaired) electrons. The van der Waals surface area contributed by atoms with E-state index in [0.29, 0.717) is 6.42 Å². The molecule has 1 N–H and O–H groups in total. The van der Waals surface area contributed by atoms with Crippen LogP contribution in [0.25, 0.3) is 0 Å². The topological polar surface area (TPSA) is 42.0 Å². The average Bonchev–Trinajstić information content (AvgIpc) is 2.69. The number of amides is 1. The summed E-state index contributed by atoms with van der Waals surface area (Å²) in [7, 11) is 0. The number of hydrogen-bond donors (Lipinski definition) is 1. The molecule has 19 heavy (non-hydrogen) atoms. The molecule has 0 atom stereocenters. The van der Waals surface area contributed by atoms with Crippen LogP contribution in [-0.4, -0.2) is 10.9 Å². The number of rotatable bonds is 3. The van der Waals surface area contributed by atoms with Crippen molar-refractivity contribution >= 4 is 22.9 Å². The maximum atomic E-state index is 12.0. The lowest BCUT2D eigenvalue weighted by Gasteiger charge is -2.12. The number of thiazole rings is 1. The highest BCUT2D eigenvalue weighted by Crippen LogP contribution is 2.22. The molecule has 0 spiro atoms. The number of aryl methyl sites for hydroxylation is 4. The van der Waals surface area contributed by atoms with Crippen LogP contribution < -0.4 is 5.32 Å². The molecule has 1 heterocycles. The Bertz CT molecular complexity index is 593. The summed E-state index contributed by atoms with van der Waals surface area (Å²) in [6.45, 7) is 8.03. The Hall–Kier alpha value is -1.68. The molecule has 0 aliphatic carbocycles. The van der Waals surface area contributed by atoms with Crippen molar-refractivity contribution in [1.29, 1.82) is 0 Å². The molecular weight excluding hydrogens is 256 g/mol. The van der Waals surface area contributed by atoms with Crippen LogP contribution in [0.3, 0.4) is 0 Å². The van der Waals surface area contributed by atoms with Gasteiger partial charge in [-0.15, -0.1) is 11.3 Å². The van der Waals surface area contributed by atoms with Gasteiger partial charge in [0.1, 0.15) is 5.01 Å². The first-order chi connectivity index (χ1) is 8.95. The molecule has 100 valence electrons. The molecule has 1 aromatic carbocycles. The Kier molecular flexibility index (Phi) is 4.00. The molecule has 2 rings (SSSR count). The maximum absolute atomic E-state index is 12.0. The first-order valence-corrected chi connectivity index (χ1v) is 7.12. The van der Waals surface area contributed by atoms with E-state index in [1.807, 2.05) is 26.2 Å². The third-order valence-electron chi connectivity index (χ3n) is 2.92.